The van der Waals surface area contributed by atoms with Crippen LogP contribution < -0.4 is 10.5 Å². The van der Waals surface area contributed by atoms with Crippen molar-refractivity contribution in [3.05, 3.63) is 50.3 Å². The quantitative estimate of drug-likeness (QED) is 0.893. The molecule has 112 valence electrons. The Hall–Kier alpha value is -2.06. The molecule has 2 aromatic rings. The first-order chi connectivity index (χ1) is 10.6. The van der Waals surface area contributed by atoms with Crippen LogP contribution in [0.5, 0.6) is 0 Å². The van der Waals surface area contributed by atoms with Crippen molar-refractivity contribution < 1.29 is 0 Å². The predicted octanol–water partition coefficient (Wildman–Crippen LogP) is 3.58. The first-order valence-electron chi connectivity index (χ1n) is 7.29. The van der Waals surface area contributed by atoms with Crippen molar-refractivity contribution in [3.63, 3.8) is 0 Å². The van der Waals surface area contributed by atoms with E-state index < -0.39 is 0 Å². The van der Waals surface area contributed by atoms with Crippen LogP contribution in [0.15, 0.2) is 33.5 Å². The Balaban J connectivity index is 2.25. The van der Waals surface area contributed by atoms with Gasteiger partial charge in [0.15, 0.2) is 0 Å². The van der Waals surface area contributed by atoms with E-state index >= 15 is 0 Å². The van der Waals surface area contributed by atoms with Crippen LogP contribution in [0, 0.1) is 18.3 Å². The Morgan fingerprint density at radius 1 is 1.23 bits per heavy atom. The summed E-state index contributed by atoms with van der Waals surface area (Å²) in [5, 5.41) is 9.37. The zero-order valence-electron chi connectivity index (χ0n) is 12.3. The van der Waals surface area contributed by atoms with Crippen LogP contribution in [0.25, 0.3) is 11.1 Å². The molecule has 0 bridgehead atoms. The van der Waals surface area contributed by atoms with Crippen molar-refractivity contribution in [3.8, 4) is 17.2 Å². The average Bonchev–Trinajstić information content (AvgIpc) is 3.00. The minimum atomic E-state index is -0.326. The van der Waals surface area contributed by atoms with Crippen LogP contribution in [-0.2, 0) is 0 Å². The molecule has 1 saturated heterocycles. The Bertz CT molecular complexity index is 814. The topological polar surface area (TPSA) is 59.9 Å². The van der Waals surface area contributed by atoms with E-state index in [0.29, 0.717) is 5.56 Å². The third kappa shape index (κ3) is 2.67. The van der Waals surface area contributed by atoms with Gasteiger partial charge in [-0.05, 0) is 38.0 Å². The molecule has 1 aliphatic rings. The summed E-state index contributed by atoms with van der Waals surface area (Å²) in [7, 11) is 0. The van der Waals surface area contributed by atoms with Crippen molar-refractivity contribution in [2.45, 2.75) is 19.8 Å². The lowest BCUT2D eigenvalue weighted by atomic mass is 9.99. The van der Waals surface area contributed by atoms with Crippen molar-refractivity contribution in [1.82, 2.24) is 4.98 Å². The maximum Gasteiger partial charge on any atom is 0.266 e. The van der Waals surface area contributed by atoms with Crippen LogP contribution in [-0.4, -0.2) is 18.1 Å². The standard InChI is InChI=1S/C17H16BrN3O/c1-11-8-14(15(10-19)17(22)20-11)13-5-4-12(18)9-16(13)21-6-2-3-7-21/h4-5,8-9H,2-3,6-7H2,1H3,(H,20,22). The SMILES string of the molecule is Cc1cc(-c2ccc(Br)cc2N2CCCC2)c(C#N)c(=O)[nH]1. The highest BCUT2D eigenvalue weighted by Crippen LogP contribution is 2.36. The number of nitrogens with one attached hydrogen (secondary N) is 1. The molecule has 0 radical (unpaired) electrons. The van der Waals surface area contributed by atoms with Crippen molar-refractivity contribution in [2.75, 3.05) is 18.0 Å². The molecule has 0 unspecified atom stereocenters. The summed E-state index contributed by atoms with van der Waals surface area (Å²) in [6, 6.07) is 9.92. The zero-order valence-corrected chi connectivity index (χ0v) is 13.9. The van der Waals surface area contributed by atoms with Crippen LogP contribution in [0.4, 0.5) is 5.69 Å². The monoisotopic (exact) mass is 357 g/mol. The second-order valence-electron chi connectivity index (χ2n) is 5.54. The molecule has 1 aromatic heterocycles. The smallest absolute Gasteiger partial charge is 0.266 e. The number of H-pyrrole nitrogens is 1. The predicted molar refractivity (Wildman–Crippen MR) is 91.1 cm³/mol. The van der Waals surface area contributed by atoms with Gasteiger partial charge in [-0.3, -0.25) is 4.79 Å². The van der Waals surface area contributed by atoms with Gasteiger partial charge in [-0.25, -0.2) is 0 Å². The lowest BCUT2D eigenvalue weighted by molar-refractivity contribution is 0.949. The van der Waals surface area contributed by atoms with Crippen LogP contribution >= 0.6 is 15.9 Å². The van der Waals surface area contributed by atoms with Crippen molar-refractivity contribution in [2.24, 2.45) is 0 Å². The fourth-order valence-electron chi connectivity index (χ4n) is 2.96. The van der Waals surface area contributed by atoms with E-state index in [-0.39, 0.29) is 11.1 Å². The number of aromatic amines is 1. The van der Waals surface area contributed by atoms with E-state index in [9.17, 15) is 10.1 Å². The maximum absolute atomic E-state index is 12.1. The summed E-state index contributed by atoms with van der Waals surface area (Å²) in [6.45, 7) is 3.85. The number of aromatic nitrogens is 1. The number of nitriles is 1. The van der Waals surface area contributed by atoms with Crippen LogP contribution in [0.2, 0.25) is 0 Å². The molecule has 5 heteroatoms. The average molecular weight is 358 g/mol. The number of nitrogens with zero attached hydrogens (tertiary/aromatic N) is 2. The number of rotatable bonds is 2. The van der Waals surface area contributed by atoms with Crippen LogP contribution in [0.3, 0.4) is 0 Å². The third-order valence-electron chi connectivity index (χ3n) is 3.98. The van der Waals surface area contributed by atoms with E-state index in [1.54, 1.807) is 0 Å². The molecule has 0 aliphatic carbocycles. The molecule has 0 atom stereocenters. The normalized spacial score (nSPS) is 14.1. The Labute approximate surface area is 137 Å². The second kappa shape index (κ2) is 5.98. The van der Waals surface area contributed by atoms with Crippen LogP contribution in [0.1, 0.15) is 24.1 Å². The number of hydrogen-bond acceptors (Lipinski definition) is 3. The van der Waals surface area contributed by atoms with Crippen molar-refractivity contribution >= 4 is 21.6 Å². The lowest BCUT2D eigenvalue weighted by Gasteiger charge is -2.22. The first-order valence-corrected chi connectivity index (χ1v) is 8.08. The number of hydrogen-bond donors (Lipinski definition) is 1. The van der Waals surface area contributed by atoms with Gasteiger partial charge in [0.2, 0.25) is 0 Å². The van der Waals surface area contributed by atoms with Gasteiger partial charge in [0.25, 0.3) is 5.56 Å². The lowest BCUT2D eigenvalue weighted by Crippen LogP contribution is -2.19. The molecule has 0 saturated carbocycles. The minimum Gasteiger partial charge on any atom is -0.371 e. The summed E-state index contributed by atoms with van der Waals surface area (Å²) in [5.74, 6) is 0. The fourth-order valence-corrected chi connectivity index (χ4v) is 3.31. The fraction of sp³-hybridized carbons (Fsp3) is 0.294. The minimum absolute atomic E-state index is 0.174. The van der Waals surface area contributed by atoms with Gasteiger partial charge in [-0.15, -0.1) is 0 Å². The number of pyridine rings is 1. The van der Waals surface area contributed by atoms with Gasteiger partial charge in [-0.1, -0.05) is 22.0 Å². The van der Waals surface area contributed by atoms with E-state index in [0.717, 1.165) is 34.5 Å². The summed E-state index contributed by atoms with van der Waals surface area (Å²) >= 11 is 3.52. The highest BCUT2D eigenvalue weighted by molar-refractivity contribution is 9.10. The largest absolute Gasteiger partial charge is 0.371 e. The molecule has 1 aliphatic heterocycles. The van der Waals surface area contributed by atoms with Crippen molar-refractivity contribution in [1.29, 1.82) is 5.26 Å². The molecule has 0 spiro atoms. The van der Waals surface area contributed by atoms with Gasteiger partial charge < -0.3 is 9.88 Å². The number of aryl methyl sites for hydroxylation is 1. The molecule has 22 heavy (non-hydrogen) atoms. The molecule has 1 aromatic carbocycles. The first kappa shape index (κ1) is 14.9. The molecular weight excluding hydrogens is 342 g/mol. The molecule has 1 fully saturated rings. The molecular formula is C17H16BrN3O. The molecule has 1 N–H and O–H groups in total. The highest BCUT2D eigenvalue weighted by atomic mass is 79.9. The van der Waals surface area contributed by atoms with Gasteiger partial charge in [-0.2, -0.15) is 5.26 Å². The zero-order chi connectivity index (χ0) is 15.7. The van der Waals surface area contributed by atoms with E-state index in [4.69, 9.17) is 0 Å². The van der Waals surface area contributed by atoms with Gasteiger partial charge in [0.05, 0.1) is 0 Å². The van der Waals surface area contributed by atoms with E-state index in [2.05, 4.69) is 31.9 Å². The molecule has 0 amide bonds. The Kier molecular flexibility index (Phi) is 4.04. The summed E-state index contributed by atoms with van der Waals surface area (Å²) < 4.78 is 0.998. The Morgan fingerprint density at radius 3 is 2.64 bits per heavy atom. The summed E-state index contributed by atoms with van der Waals surface area (Å²) in [4.78, 5) is 17.1. The highest BCUT2D eigenvalue weighted by Gasteiger charge is 2.20. The van der Waals surface area contributed by atoms with Gasteiger partial charge >= 0.3 is 0 Å². The molecule has 3 rings (SSSR count). The van der Waals surface area contributed by atoms with Gasteiger partial charge in [0.1, 0.15) is 11.6 Å². The second-order valence-corrected chi connectivity index (χ2v) is 6.45. The third-order valence-corrected chi connectivity index (χ3v) is 4.47. The number of benzene rings is 1. The van der Waals surface area contributed by atoms with E-state index in [1.807, 2.05) is 31.2 Å². The number of anilines is 1. The molecule has 4 nitrogen and oxygen atoms in total. The summed E-state index contributed by atoms with van der Waals surface area (Å²) in [6.07, 6.45) is 2.34. The Morgan fingerprint density at radius 2 is 1.95 bits per heavy atom. The summed E-state index contributed by atoms with van der Waals surface area (Å²) in [5.41, 5.74) is 3.33. The number of halogens is 1. The maximum atomic E-state index is 12.1. The van der Waals surface area contributed by atoms with E-state index in [1.165, 1.54) is 12.8 Å². The molecule has 2 heterocycles. The van der Waals surface area contributed by atoms with Gasteiger partial charge in [0, 0.05) is 40.1 Å².